The molecule has 6 nitrogen and oxygen atoms in total. The number of carbonyl (C=O) groups excluding carboxylic acids is 1. The number of furan rings is 1. The Balaban J connectivity index is 1.64. The van der Waals surface area contributed by atoms with Gasteiger partial charge in [0, 0.05) is 31.5 Å². The van der Waals surface area contributed by atoms with Crippen molar-refractivity contribution in [3.63, 3.8) is 0 Å². The molecule has 3 heterocycles. The van der Waals surface area contributed by atoms with E-state index in [1.54, 1.807) is 24.7 Å². The Hall–Kier alpha value is -3.07. The summed E-state index contributed by atoms with van der Waals surface area (Å²) < 4.78 is 34.9. The molecule has 0 atom stereocenters. The Kier molecular flexibility index (Phi) is 4.68. The number of amides is 1. The average molecular weight is 388 g/mol. The fourth-order valence-electron chi connectivity index (χ4n) is 2.71. The van der Waals surface area contributed by atoms with Crippen molar-refractivity contribution in [1.29, 1.82) is 0 Å². The quantitative estimate of drug-likeness (QED) is 0.499. The van der Waals surface area contributed by atoms with Crippen LogP contribution in [-0.4, -0.2) is 27.0 Å². The van der Waals surface area contributed by atoms with E-state index in [1.807, 2.05) is 10.8 Å². The van der Waals surface area contributed by atoms with Crippen LogP contribution in [0, 0.1) is 11.6 Å². The van der Waals surface area contributed by atoms with Gasteiger partial charge in [-0.2, -0.15) is 0 Å². The number of hydrogen-bond acceptors (Lipinski definition) is 5. The molecule has 3 aromatic heterocycles. The van der Waals surface area contributed by atoms with E-state index < -0.39 is 11.6 Å². The highest BCUT2D eigenvalue weighted by molar-refractivity contribution is 7.22. The number of nitrogens with zero attached hydrogens (tertiary/aromatic N) is 4. The summed E-state index contributed by atoms with van der Waals surface area (Å²) in [6.45, 7) is 0.984. The number of rotatable bonds is 6. The number of carbonyl (C=O) groups is 1. The third-order valence-electron chi connectivity index (χ3n) is 3.97. The minimum Gasteiger partial charge on any atom is -0.459 e. The molecule has 0 spiro atoms. The summed E-state index contributed by atoms with van der Waals surface area (Å²) in [5.74, 6) is -1.66. The molecule has 0 unspecified atom stereocenters. The van der Waals surface area contributed by atoms with Crippen LogP contribution in [0.3, 0.4) is 0 Å². The van der Waals surface area contributed by atoms with E-state index in [0.29, 0.717) is 29.3 Å². The van der Waals surface area contributed by atoms with Gasteiger partial charge in [-0.05, 0) is 24.6 Å². The predicted molar refractivity (Wildman–Crippen MR) is 96.8 cm³/mol. The second-order valence-electron chi connectivity index (χ2n) is 5.82. The van der Waals surface area contributed by atoms with E-state index in [9.17, 15) is 13.6 Å². The first-order valence-electron chi connectivity index (χ1n) is 8.18. The van der Waals surface area contributed by atoms with Gasteiger partial charge in [-0.15, -0.1) is 0 Å². The van der Waals surface area contributed by atoms with Crippen molar-refractivity contribution in [2.24, 2.45) is 0 Å². The average Bonchev–Trinajstić information content (AvgIpc) is 3.38. The number of aryl methyl sites for hydroxylation is 1. The standard InChI is InChI=1S/C18H14F2N4O2S/c19-12-9-13(20)16-15(10-12)27-18(22-16)24(17(25)14-3-1-8-26-14)6-2-5-23-7-4-21-11-23/h1,3-4,7-11H,2,5-6H2. The predicted octanol–water partition coefficient (Wildman–Crippen LogP) is 4.10. The van der Waals surface area contributed by atoms with Crippen molar-refractivity contribution in [3.8, 4) is 0 Å². The number of aromatic nitrogens is 3. The molecule has 138 valence electrons. The highest BCUT2D eigenvalue weighted by Crippen LogP contribution is 2.32. The topological polar surface area (TPSA) is 64.2 Å². The van der Waals surface area contributed by atoms with Crippen molar-refractivity contribution in [2.75, 3.05) is 11.4 Å². The van der Waals surface area contributed by atoms with Crippen LogP contribution in [-0.2, 0) is 6.54 Å². The molecule has 0 N–H and O–H groups in total. The van der Waals surface area contributed by atoms with Gasteiger partial charge in [-0.3, -0.25) is 9.69 Å². The number of fused-ring (bicyclic) bond motifs is 1. The van der Waals surface area contributed by atoms with Crippen molar-refractivity contribution >= 4 is 32.6 Å². The zero-order valence-corrected chi connectivity index (χ0v) is 14.8. The second kappa shape index (κ2) is 7.28. The molecular formula is C18H14F2N4O2S. The van der Waals surface area contributed by atoms with Crippen LogP contribution in [0.5, 0.6) is 0 Å². The monoisotopic (exact) mass is 388 g/mol. The van der Waals surface area contributed by atoms with Gasteiger partial charge in [0.05, 0.1) is 17.3 Å². The van der Waals surface area contributed by atoms with Crippen LogP contribution < -0.4 is 4.90 Å². The number of benzene rings is 1. The first-order chi connectivity index (χ1) is 13.1. The van der Waals surface area contributed by atoms with E-state index in [2.05, 4.69) is 9.97 Å². The molecule has 0 aliphatic heterocycles. The Bertz CT molecular complexity index is 1060. The summed E-state index contributed by atoms with van der Waals surface area (Å²) in [5.41, 5.74) is 0.0447. The molecule has 0 fully saturated rings. The Labute approximate surface area is 156 Å². The summed E-state index contributed by atoms with van der Waals surface area (Å²) in [4.78, 5) is 22.5. The first-order valence-corrected chi connectivity index (χ1v) is 9.00. The summed E-state index contributed by atoms with van der Waals surface area (Å²) in [7, 11) is 0. The van der Waals surface area contributed by atoms with Gasteiger partial charge in [0.2, 0.25) is 0 Å². The molecule has 9 heteroatoms. The van der Waals surface area contributed by atoms with Crippen molar-refractivity contribution in [1.82, 2.24) is 14.5 Å². The number of hydrogen-bond donors (Lipinski definition) is 0. The molecule has 0 radical (unpaired) electrons. The minimum atomic E-state index is -0.753. The van der Waals surface area contributed by atoms with E-state index in [4.69, 9.17) is 4.42 Å². The normalized spacial score (nSPS) is 11.2. The molecule has 4 aromatic rings. The van der Waals surface area contributed by atoms with Gasteiger partial charge in [-0.1, -0.05) is 11.3 Å². The number of anilines is 1. The zero-order valence-electron chi connectivity index (χ0n) is 14.0. The Morgan fingerprint density at radius 3 is 2.96 bits per heavy atom. The molecular weight excluding hydrogens is 374 g/mol. The molecule has 27 heavy (non-hydrogen) atoms. The smallest absolute Gasteiger partial charge is 0.295 e. The lowest BCUT2D eigenvalue weighted by atomic mass is 10.3. The van der Waals surface area contributed by atoms with Crippen molar-refractivity contribution < 1.29 is 18.0 Å². The molecule has 0 aliphatic carbocycles. The summed E-state index contributed by atoms with van der Waals surface area (Å²) in [6, 6.07) is 5.16. The van der Waals surface area contributed by atoms with Crippen LogP contribution in [0.15, 0.2) is 53.7 Å². The first kappa shape index (κ1) is 17.3. The molecule has 0 saturated heterocycles. The number of thiazole rings is 1. The molecule has 4 rings (SSSR count). The third-order valence-corrected chi connectivity index (χ3v) is 4.99. The van der Waals surface area contributed by atoms with Crippen molar-refractivity contribution in [2.45, 2.75) is 13.0 Å². The Morgan fingerprint density at radius 1 is 1.33 bits per heavy atom. The van der Waals surface area contributed by atoms with E-state index in [1.165, 1.54) is 17.2 Å². The van der Waals surface area contributed by atoms with E-state index in [-0.39, 0.29) is 17.2 Å². The maximum Gasteiger partial charge on any atom is 0.295 e. The SMILES string of the molecule is O=C(c1ccco1)N(CCCn1ccnc1)c1nc2c(F)cc(F)cc2s1. The molecule has 1 amide bonds. The fourth-order valence-corrected chi connectivity index (χ4v) is 3.74. The zero-order chi connectivity index (χ0) is 18.8. The third kappa shape index (κ3) is 3.59. The maximum atomic E-state index is 14.0. The lowest BCUT2D eigenvalue weighted by Gasteiger charge is -2.18. The number of halogens is 2. The lowest BCUT2D eigenvalue weighted by Crippen LogP contribution is -2.32. The van der Waals surface area contributed by atoms with Gasteiger partial charge in [0.25, 0.3) is 5.91 Å². The fraction of sp³-hybridized carbons (Fsp3) is 0.167. The van der Waals surface area contributed by atoms with Gasteiger partial charge < -0.3 is 8.98 Å². The summed E-state index contributed by atoms with van der Waals surface area (Å²) in [6.07, 6.45) is 7.22. The molecule has 0 saturated carbocycles. The van der Waals surface area contributed by atoms with Crippen LogP contribution >= 0.6 is 11.3 Å². The number of imidazole rings is 1. The summed E-state index contributed by atoms with van der Waals surface area (Å²) in [5, 5.41) is 0.293. The lowest BCUT2D eigenvalue weighted by molar-refractivity contribution is 0.0959. The largest absolute Gasteiger partial charge is 0.459 e. The van der Waals surface area contributed by atoms with Crippen molar-refractivity contribution in [3.05, 3.63) is 66.6 Å². The van der Waals surface area contributed by atoms with Crippen LogP contribution in [0.1, 0.15) is 17.0 Å². The molecule has 1 aromatic carbocycles. The highest BCUT2D eigenvalue weighted by Gasteiger charge is 2.24. The minimum absolute atomic E-state index is 0.0447. The van der Waals surface area contributed by atoms with Gasteiger partial charge >= 0.3 is 0 Å². The summed E-state index contributed by atoms with van der Waals surface area (Å²) >= 11 is 1.06. The van der Waals surface area contributed by atoms with E-state index >= 15 is 0 Å². The van der Waals surface area contributed by atoms with Gasteiger partial charge in [-0.25, -0.2) is 18.7 Å². The Morgan fingerprint density at radius 2 is 2.22 bits per heavy atom. The second-order valence-corrected chi connectivity index (χ2v) is 6.83. The van der Waals surface area contributed by atoms with Crippen LogP contribution in [0.4, 0.5) is 13.9 Å². The van der Waals surface area contributed by atoms with E-state index in [0.717, 1.165) is 17.4 Å². The maximum absolute atomic E-state index is 14.0. The van der Waals surface area contributed by atoms with Crippen LogP contribution in [0.25, 0.3) is 10.2 Å². The molecule has 0 bridgehead atoms. The van der Waals surface area contributed by atoms with Gasteiger partial charge in [0.1, 0.15) is 11.3 Å². The van der Waals surface area contributed by atoms with Gasteiger partial charge in [0.15, 0.2) is 16.7 Å². The van der Waals surface area contributed by atoms with Crippen LogP contribution in [0.2, 0.25) is 0 Å². The highest BCUT2D eigenvalue weighted by atomic mass is 32.1. The molecule has 0 aliphatic rings.